The Hall–Kier alpha value is -0.890. The molecule has 0 aromatic carbocycles. The second kappa shape index (κ2) is 11.7. The number of likely N-dealkylation sites (tertiary alicyclic amines) is 1. The van der Waals surface area contributed by atoms with E-state index in [0.717, 1.165) is 32.5 Å². The summed E-state index contributed by atoms with van der Waals surface area (Å²) in [5.41, 5.74) is -0.435. The van der Waals surface area contributed by atoms with Crippen molar-refractivity contribution < 1.29 is 23.7 Å². The molecule has 7 nitrogen and oxygen atoms in total. The van der Waals surface area contributed by atoms with Crippen molar-refractivity contribution in [2.24, 2.45) is 0 Å². The molecule has 0 atom stereocenters. The second-order valence-electron chi connectivity index (χ2n) is 7.40. The molecule has 0 aromatic heterocycles. The highest BCUT2D eigenvalue weighted by Gasteiger charge is 2.28. The van der Waals surface area contributed by atoms with Crippen LogP contribution in [0.5, 0.6) is 0 Å². The van der Waals surface area contributed by atoms with Crippen LogP contribution in [0.1, 0.15) is 33.6 Å². The lowest BCUT2D eigenvalue weighted by Gasteiger charge is -2.37. The summed E-state index contributed by atoms with van der Waals surface area (Å²) in [5, 5.41) is 0. The Morgan fingerprint density at radius 3 is 2.16 bits per heavy atom. The maximum atomic E-state index is 12.1. The van der Waals surface area contributed by atoms with Gasteiger partial charge in [-0.1, -0.05) is 0 Å². The quantitative estimate of drug-likeness (QED) is 0.555. The van der Waals surface area contributed by atoms with E-state index >= 15 is 0 Å². The number of amides is 1. The van der Waals surface area contributed by atoms with Crippen LogP contribution < -0.4 is 0 Å². The van der Waals surface area contributed by atoms with Gasteiger partial charge < -0.3 is 28.7 Å². The molecule has 0 spiro atoms. The zero-order valence-electron chi connectivity index (χ0n) is 16.6. The van der Waals surface area contributed by atoms with Crippen LogP contribution in [-0.2, 0) is 18.9 Å². The molecule has 0 unspecified atom stereocenters. The van der Waals surface area contributed by atoms with Crippen LogP contribution in [0.25, 0.3) is 0 Å². The summed E-state index contributed by atoms with van der Waals surface area (Å²) < 4.78 is 21.3. The molecule has 1 saturated heterocycles. The molecule has 0 aromatic rings. The fourth-order valence-corrected chi connectivity index (χ4v) is 2.67. The van der Waals surface area contributed by atoms with Gasteiger partial charge in [0.05, 0.1) is 33.0 Å². The Morgan fingerprint density at radius 1 is 1.04 bits per heavy atom. The normalized spacial score (nSPS) is 16.5. The molecule has 0 aliphatic carbocycles. The first-order valence-corrected chi connectivity index (χ1v) is 9.16. The third-order valence-electron chi connectivity index (χ3n) is 4.13. The fraction of sp³-hybridized carbons (Fsp3) is 0.944. The van der Waals surface area contributed by atoms with Gasteiger partial charge >= 0.3 is 6.09 Å². The topological polar surface area (TPSA) is 60.5 Å². The van der Waals surface area contributed by atoms with E-state index in [2.05, 4.69) is 11.9 Å². The average molecular weight is 360 g/mol. The van der Waals surface area contributed by atoms with Crippen LogP contribution in [0.4, 0.5) is 4.79 Å². The van der Waals surface area contributed by atoms with Crippen molar-refractivity contribution in [3.8, 4) is 0 Å². The number of carbonyl (C=O) groups excluding carboxylic acids is 1. The molecular weight excluding hydrogens is 324 g/mol. The number of hydrogen-bond acceptors (Lipinski definition) is 6. The third kappa shape index (κ3) is 9.99. The van der Waals surface area contributed by atoms with Gasteiger partial charge in [0.15, 0.2) is 0 Å². The van der Waals surface area contributed by atoms with Crippen LogP contribution in [0.2, 0.25) is 0 Å². The molecule has 0 saturated carbocycles. The number of ether oxygens (including phenoxy) is 4. The smallest absolute Gasteiger partial charge is 0.410 e. The average Bonchev–Trinajstić information content (AvgIpc) is 2.55. The van der Waals surface area contributed by atoms with Gasteiger partial charge in [-0.3, -0.25) is 0 Å². The van der Waals surface area contributed by atoms with E-state index in [1.54, 1.807) is 7.11 Å². The van der Waals surface area contributed by atoms with Crippen LogP contribution in [0.15, 0.2) is 0 Å². The number of methoxy groups -OCH3 is 1. The summed E-state index contributed by atoms with van der Waals surface area (Å²) >= 11 is 0. The summed E-state index contributed by atoms with van der Waals surface area (Å²) in [6.07, 6.45) is 1.73. The molecule has 1 aliphatic heterocycles. The Bertz CT molecular complexity index is 365. The number of nitrogens with zero attached hydrogens (tertiary/aromatic N) is 2. The lowest BCUT2D eigenvalue weighted by Crippen LogP contribution is -2.47. The third-order valence-corrected chi connectivity index (χ3v) is 4.13. The van der Waals surface area contributed by atoms with E-state index < -0.39 is 5.60 Å². The SMILES string of the molecule is COCCOCCOCCN(C)C1CCN(C(=O)OC(C)(C)C)CC1. The summed E-state index contributed by atoms with van der Waals surface area (Å²) in [4.78, 5) is 16.2. The van der Waals surface area contributed by atoms with Crippen molar-refractivity contribution in [3.63, 3.8) is 0 Å². The molecule has 25 heavy (non-hydrogen) atoms. The minimum absolute atomic E-state index is 0.203. The van der Waals surface area contributed by atoms with Crippen molar-refractivity contribution in [3.05, 3.63) is 0 Å². The van der Waals surface area contributed by atoms with Crippen molar-refractivity contribution >= 4 is 6.09 Å². The standard InChI is InChI=1S/C18H36N2O5/c1-18(2,3)25-17(21)20-8-6-16(7-9-20)19(4)10-11-23-14-15-24-13-12-22-5/h16H,6-15H2,1-5H3. The molecule has 0 radical (unpaired) electrons. The van der Waals surface area contributed by atoms with Crippen LogP contribution >= 0.6 is 0 Å². The number of hydrogen-bond donors (Lipinski definition) is 0. The van der Waals surface area contributed by atoms with E-state index in [9.17, 15) is 4.79 Å². The molecule has 1 fully saturated rings. The van der Waals surface area contributed by atoms with Crippen molar-refractivity contribution in [1.82, 2.24) is 9.80 Å². The predicted octanol–water partition coefficient (Wildman–Crippen LogP) is 2.00. The van der Waals surface area contributed by atoms with E-state index in [0.29, 0.717) is 39.1 Å². The number of likely N-dealkylation sites (N-methyl/N-ethyl adjacent to an activating group) is 1. The van der Waals surface area contributed by atoms with Gasteiger partial charge in [-0.05, 0) is 40.7 Å². The fourth-order valence-electron chi connectivity index (χ4n) is 2.67. The highest BCUT2D eigenvalue weighted by atomic mass is 16.6. The van der Waals surface area contributed by atoms with E-state index in [-0.39, 0.29) is 6.09 Å². The monoisotopic (exact) mass is 360 g/mol. The Balaban J connectivity index is 2.10. The van der Waals surface area contributed by atoms with Crippen molar-refractivity contribution in [2.75, 3.05) is 66.8 Å². The lowest BCUT2D eigenvalue weighted by molar-refractivity contribution is 0.00804. The number of piperidine rings is 1. The second-order valence-corrected chi connectivity index (χ2v) is 7.40. The van der Waals surface area contributed by atoms with Gasteiger partial charge in [0.25, 0.3) is 0 Å². The molecule has 7 heteroatoms. The minimum Gasteiger partial charge on any atom is -0.444 e. The van der Waals surface area contributed by atoms with E-state index in [1.165, 1.54) is 0 Å². The molecule has 1 amide bonds. The van der Waals surface area contributed by atoms with Crippen molar-refractivity contribution in [2.45, 2.75) is 45.3 Å². The molecule has 148 valence electrons. The van der Waals surface area contributed by atoms with Gasteiger partial charge in [0.1, 0.15) is 5.60 Å². The minimum atomic E-state index is -0.435. The molecule has 0 bridgehead atoms. The summed E-state index contributed by atoms with van der Waals surface area (Å²) in [6, 6.07) is 0.486. The zero-order valence-corrected chi connectivity index (χ0v) is 16.6. The van der Waals surface area contributed by atoms with Gasteiger partial charge in [-0.15, -0.1) is 0 Å². The number of rotatable bonds is 10. The highest BCUT2D eigenvalue weighted by molar-refractivity contribution is 5.68. The molecule has 1 heterocycles. The maximum Gasteiger partial charge on any atom is 0.410 e. The van der Waals surface area contributed by atoms with Gasteiger partial charge in [0.2, 0.25) is 0 Å². The van der Waals surface area contributed by atoms with E-state index in [1.807, 2.05) is 25.7 Å². The number of carbonyl (C=O) groups is 1. The molecular formula is C18H36N2O5. The Labute approximate surface area is 152 Å². The van der Waals surface area contributed by atoms with Crippen molar-refractivity contribution in [1.29, 1.82) is 0 Å². The molecule has 1 aliphatic rings. The van der Waals surface area contributed by atoms with Crippen LogP contribution in [0, 0.1) is 0 Å². The van der Waals surface area contributed by atoms with Gasteiger partial charge in [0, 0.05) is 32.8 Å². The summed E-state index contributed by atoms with van der Waals surface area (Å²) in [5.74, 6) is 0. The molecule has 0 N–H and O–H groups in total. The first kappa shape index (κ1) is 22.2. The summed E-state index contributed by atoms with van der Waals surface area (Å²) in [6.45, 7) is 11.2. The van der Waals surface area contributed by atoms with Gasteiger partial charge in [-0.2, -0.15) is 0 Å². The largest absolute Gasteiger partial charge is 0.444 e. The highest BCUT2D eigenvalue weighted by Crippen LogP contribution is 2.18. The first-order valence-electron chi connectivity index (χ1n) is 9.16. The lowest BCUT2D eigenvalue weighted by atomic mass is 10.0. The van der Waals surface area contributed by atoms with E-state index in [4.69, 9.17) is 18.9 Å². The Kier molecular flexibility index (Phi) is 10.3. The molecule has 1 rings (SSSR count). The predicted molar refractivity (Wildman–Crippen MR) is 97.0 cm³/mol. The summed E-state index contributed by atoms with van der Waals surface area (Å²) in [7, 11) is 3.78. The van der Waals surface area contributed by atoms with Gasteiger partial charge in [-0.25, -0.2) is 4.79 Å². The first-order chi connectivity index (χ1) is 11.8. The Morgan fingerprint density at radius 2 is 1.60 bits per heavy atom. The maximum absolute atomic E-state index is 12.1. The van der Waals surface area contributed by atoms with Crippen LogP contribution in [0.3, 0.4) is 0 Å². The van der Waals surface area contributed by atoms with Crippen LogP contribution in [-0.4, -0.2) is 94.4 Å². The zero-order chi connectivity index (χ0) is 18.7.